The Labute approximate surface area is 134 Å². The molecule has 1 aliphatic rings. The minimum absolute atomic E-state index is 0.0662. The van der Waals surface area contributed by atoms with E-state index in [1.165, 1.54) is 0 Å². The summed E-state index contributed by atoms with van der Waals surface area (Å²) in [5.41, 5.74) is 1.43. The number of aromatic nitrogens is 2. The Morgan fingerprint density at radius 3 is 2.68 bits per heavy atom. The van der Waals surface area contributed by atoms with Gasteiger partial charge >= 0.3 is 0 Å². The van der Waals surface area contributed by atoms with E-state index in [0.29, 0.717) is 10.7 Å². The first-order chi connectivity index (χ1) is 10.6. The molecule has 1 aromatic carbocycles. The van der Waals surface area contributed by atoms with Crippen LogP contribution in [0.4, 0.5) is 0 Å². The molecule has 0 N–H and O–H groups in total. The minimum Gasteiger partial charge on any atom is -0.497 e. The first-order valence-corrected chi connectivity index (χ1v) is 7.62. The number of ether oxygens (including phenoxy) is 1. The van der Waals surface area contributed by atoms with Crippen molar-refractivity contribution < 1.29 is 9.53 Å². The summed E-state index contributed by atoms with van der Waals surface area (Å²) in [6, 6.07) is 7.93. The number of aryl methyl sites for hydroxylation is 1. The van der Waals surface area contributed by atoms with Crippen molar-refractivity contribution in [2.75, 3.05) is 13.7 Å². The summed E-state index contributed by atoms with van der Waals surface area (Å²) in [7, 11) is 3.40. The van der Waals surface area contributed by atoms with Crippen LogP contribution in [0.2, 0.25) is 5.02 Å². The maximum Gasteiger partial charge on any atom is 0.276 e. The molecule has 0 spiro atoms. The van der Waals surface area contributed by atoms with Gasteiger partial charge in [-0.15, -0.1) is 0 Å². The third-order valence-corrected chi connectivity index (χ3v) is 4.28. The van der Waals surface area contributed by atoms with Crippen molar-refractivity contribution >= 4 is 17.5 Å². The maximum atomic E-state index is 12.7. The van der Waals surface area contributed by atoms with Crippen LogP contribution >= 0.6 is 11.6 Å². The number of hydrogen-bond donors (Lipinski definition) is 0. The number of nitrogens with zero attached hydrogens (tertiary/aromatic N) is 3. The van der Waals surface area contributed by atoms with Crippen LogP contribution in [0.5, 0.6) is 5.75 Å². The van der Waals surface area contributed by atoms with E-state index < -0.39 is 0 Å². The average Bonchev–Trinajstić information content (AvgIpc) is 3.13. The van der Waals surface area contributed by atoms with Crippen molar-refractivity contribution in [3.63, 3.8) is 0 Å². The van der Waals surface area contributed by atoms with E-state index in [1.807, 2.05) is 29.2 Å². The molecule has 22 heavy (non-hydrogen) atoms. The van der Waals surface area contributed by atoms with Crippen LogP contribution in [-0.2, 0) is 7.05 Å². The Hall–Kier alpha value is -2.01. The number of benzene rings is 1. The molecule has 0 unspecified atom stereocenters. The highest BCUT2D eigenvalue weighted by atomic mass is 35.5. The first-order valence-electron chi connectivity index (χ1n) is 7.24. The quantitative estimate of drug-likeness (QED) is 0.873. The van der Waals surface area contributed by atoms with Crippen LogP contribution in [-0.4, -0.2) is 34.2 Å². The standard InChI is InChI=1S/C16H18ClN3O2/c1-19-10-13(17)15(18-19)16(21)20-9-3-4-14(20)11-5-7-12(22-2)8-6-11/h5-8,10,14H,3-4,9H2,1-2H3/t14-/m0/s1. The van der Waals surface area contributed by atoms with E-state index in [-0.39, 0.29) is 11.9 Å². The Morgan fingerprint density at radius 1 is 1.36 bits per heavy atom. The third-order valence-electron chi connectivity index (χ3n) is 4.00. The summed E-state index contributed by atoms with van der Waals surface area (Å²) >= 11 is 6.10. The number of methoxy groups -OCH3 is 1. The zero-order chi connectivity index (χ0) is 15.7. The second-order valence-electron chi connectivity index (χ2n) is 5.43. The van der Waals surface area contributed by atoms with Gasteiger partial charge in [-0.25, -0.2) is 0 Å². The van der Waals surface area contributed by atoms with Crippen LogP contribution in [0, 0.1) is 0 Å². The van der Waals surface area contributed by atoms with Crippen molar-refractivity contribution in [2.45, 2.75) is 18.9 Å². The van der Waals surface area contributed by atoms with Crippen molar-refractivity contribution in [1.29, 1.82) is 0 Å². The van der Waals surface area contributed by atoms with Gasteiger partial charge < -0.3 is 9.64 Å². The Morgan fingerprint density at radius 2 is 2.09 bits per heavy atom. The van der Waals surface area contributed by atoms with Gasteiger partial charge in [-0.2, -0.15) is 5.10 Å². The molecule has 116 valence electrons. The average molecular weight is 320 g/mol. The van der Waals surface area contributed by atoms with Crippen molar-refractivity contribution in [1.82, 2.24) is 14.7 Å². The molecule has 1 saturated heterocycles. The fourth-order valence-corrected chi connectivity index (χ4v) is 3.18. The molecule has 2 aromatic rings. The number of rotatable bonds is 3. The molecule has 0 saturated carbocycles. The monoisotopic (exact) mass is 319 g/mol. The van der Waals surface area contributed by atoms with Crippen LogP contribution in [0.25, 0.3) is 0 Å². The van der Waals surface area contributed by atoms with Crippen molar-refractivity contribution in [3.8, 4) is 5.75 Å². The fourth-order valence-electron chi connectivity index (χ4n) is 2.92. The molecule has 0 bridgehead atoms. The molecule has 1 amide bonds. The van der Waals surface area contributed by atoms with Crippen LogP contribution in [0.1, 0.15) is 34.9 Å². The second kappa shape index (κ2) is 6.01. The molecule has 5 nitrogen and oxygen atoms in total. The molecule has 1 fully saturated rings. The zero-order valence-electron chi connectivity index (χ0n) is 12.6. The highest BCUT2D eigenvalue weighted by Gasteiger charge is 2.32. The van der Waals surface area contributed by atoms with Gasteiger partial charge in [-0.1, -0.05) is 23.7 Å². The maximum absolute atomic E-state index is 12.7. The number of carbonyl (C=O) groups excluding carboxylic acids is 1. The molecule has 0 aliphatic carbocycles. The normalized spacial score (nSPS) is 17.8. The van der Waals surface area contributed by atoms with Gasteiger partial charge in [0.05, 0.1) is 18.2 Å². The minimum atomic E-state index is -0.107. The van der Waals surface area contributed by atoms with Gasteiger partial charge in [0.2, 0.25) is 0 Å². The predicted molar refractivity (Wildman–Crippen MR) is 84.2 cm³/mol. The van der Waals surface area contributed by atoms with Crippen LogP contribution in [0.15, 0.2) is 30.5 Å². The van der Waals surface area contributed by atoms with Gasteiger partial charge in [0.1, 0.15) is 5.75 Å². The summed E-state index contributed by atoms with van der Waals surface area (Å²) in [4.78, 5) is 14.6. The molecule has 1 aromatic heterocycles. The number of carbonyl (C=O) groups is 1. The Kier molecular flexibility index (Phi) is 4.07. The largest absolute Gasteiger partial charge is 0.497 e. The smallest absolute Gasteiger partial charge is 0.276 e. The van der Waals surface area contributed by atoms with E-state index >= 15 is 0 Å². The van der Waals surface area contributed by atoms with Gasteiger partial charge in [0.25, 0.3) is 5.91 Å². The Bertz CT molecular complexity index is 681. The van der Waals surface area contributed by atoms with Gasteiger partial charge in [-0.05, 0) is 30.5 Å². The summed E-state index contributed by atoms with van der Waals surface area (Å²) in [6.07, 6.45) is 3.57. The van der Waals surface area contributed by atoms with Crippen molar-refractivity contribution in [3.05, 3.63) is 46.7 Å². The zero-order valence-corrected chi connectivity index (χ0v) is 13.4. The molecule has 6 heteroatoms. The molecule has 0 radical (unpaired) electrons. The number of hydrogen-bond acceptors (Lipinski definition) is 3. The lowest BCUT2D eigenvalue weighted by Crippen LogP contribution is -2.31. The van der Waals surface area contributed by atoms with E-state index in [4.69, 9.17) is 16.3 Å². The summed E-state index contributed by atoms with van der Waals surface area (Å²) in [6.45, 7) is 0.725. The van der Waals surface area contributed by atoms with E-state index in [2.05, 4.69) is 5.10 Å². The number of halogens is 1. The second-order valence-corrected chi connectivity index (χ2v) is 5.84. The number of amides is 1. The van der Waals surface area contributed by atoms with E-state index in [9.17, 15) is 4.79 Å². The Balaban J connectivity index is 1.86. The summed E-state index contributed by atoms with van der Waals surface area (Å²) in [5.74, 6) is 0.705. The first kappa shape index (κ1) is 14.9. The van der Waals surface area contributed by atoms with Gasteiger partial charge in [-0.3, -0.25) is 9.48 Å². The van der Waals surface area contributed by atoms with Gasteiger partial charge in [0, 0.05) is 19.8 Å². The molecule has 3 rings (SSSR count). The molecule has 2 heterocycles. The lowest BCUT2D eigenvalue weighted by Gasteiger charge is -2.24. The lowest BCUT2D eigenvalue weighted by molar-refractivity contribution is 0.0729. The van der Waals surface area contributed by atoms with Crippen molar-refractivity contribution in [2.24, 2.45) is 7.05 Å². The van der Waals surface area contributed by atoms with Crippen LogP contribution in [0.3, 0.4) is 0 Å². The van der Waals surface area contributed by atoms with Gasteiger partial charge in [0.15, 0.2) is 5.69 Å². The van der Waals surface area contributed by atoms with E-state index in [0.717, 1.165) is 30.7 Å². The highest BCUT2D eigenvalue weighted by Crippen LogP contribution is 2.34. The number of likely N-dealkylation sites (tertiary alicyclic amines) is 1. The SMILES string of the molecule is COc1ccc([C@@H]2CCCN2C(=O)c2nn(C)cc2Cl)cc1. The van der Waals surface area contributed by atoms with E-state index in [1.54, 1.807) is 25.0 Å². The topological polar surface area (TPSA) is 47.4 Å². The molecule has 1 atom stereocenters. The van der Waals surface area contributed by atoms with Crippen LogP contribution < -0.4 is 4.74 Å². The molecule has 1 aliphatic heterocycles. The highest BCUT2D eigenvalue weighted by molar-refractivity contribution is 6.33. The fraction of sp³-hybridized carbons (Fsp3) is 0.375. The predicted octanol–water partition coefficient (Wildman–Crippen LogP) is 3.06. The third kappa shape index (κ3) is 2.68. The summed E-state index contributed by atoms with van der Waals surface area (Å²) in [5, 5.41) is 4.58. The molecular weight excluding hydrogens is 302 g/mol. The lowest BCUT2D eigenvalue weighted by atomic mass is 10.0. The molecular formula is C16H18ClN3O2. The summed E-state index contributed by atoms with van der Waals surface area (Å²) < 4.78 is 6.75.